The first-order valence-corrected chi connectivity index (χ1v) is 1.45. The van der Waals surface area contributed by atoms with Crippen LogP contribution in [-0.2, 0) is 0 Å². The molecule has 0 N–H and O–H groups in total. The summed E-state index contributed by atoms with van der Waals surface area (Å²) in [6.07, 6.45) is 2.60. The van der Waals surface area contributed by atoms with Crippen LogP contribution in [0.3, 0.4) is 0 Å². The molecule has 0 heterocycles. The molecule has 0 unspecified atom stereocenters. The summed E-state index contributed by atoms with van der Waals surface area (Å²) >= 11 is 0. The molecular formula is C4H7Na. The predicted octanol–water partition coefficient (Wildman–Crippen LogP) is -1.61. The van der Waals surface area contributed by atoms with E-state index < -0.39 is 0 Å². The van der Waals surface area contributed by atoms with E-state index in [1.807, 2.05) is 6.92 Å². The average molecular weight is 78.1 g/mol. The molecule has 5 heavy (non-hydrogen) atoms. The Morgan fingerprint density at radius 1 is 1.80 bits per heavy atom. The van der Waals surface area contributed by atoms with Crippen LogP contribution in [0.2, 0.25) is 0 Å². The van der Waals surface area contributed by atoms with E-state index in [4.69, 9.17) is 6.58 Å². The molecule has 0 aliphatic rings. The van der Waals surface area contributed by atoms with Crippen molar-refractivity contribution in [1.29, 1.82) is 0 Å². The number of hydrogen-bond acceptors (Lipinski definition) is 0. The summed E-state index contributed by atoms with van der Waals surface area (Å²) in [7, 11) is 0. The minimum Gasteiger partial charge on any atom is -0.518 e. The van der Waals surface area contributed by atoms with Crippen molar-refractivity contribution >= 4 is 0 Å². The first-order chi connectivity index (χ1) is 1.91. The average Bonchev–Trinajstić information content (AvgIpc) is 1.37. The van der Waals surface area contributed by atoms with Crippen molar-refractivity contribution in [3.8, 4) is 0 Å². The Kier molecular flexibility index (Phi) is 16.3. The van der Waals surface area contributed by atoms with Gasteiger partial charge in [-0.1, -0.05) is 13.3 Å². The molecule has 0 saturated carbocycles. The molecule has 0 saturated heterocycles. The smallest absolute Gasteiger partial charge is 0.518 e. The number of hydrogen-bond donors (Lipinski definition) is 0. The molecule has 0 aliphatic heterocycles. The van der Waals surface area contributed by atoms with Crippen LogP contribution in [0.15, 0.2) is 6.08 Å². The Bertz CT molecular complexity index is 17.6. The van der Waals surface area contributed by atoms with Gasteiger partial charge in [-0.05, 0) is 0 Å². The summed E-state index contributed by atoms with van der Waals surface area (Å²) in [5.74, 6) is 0. The summed E-state index contributed by atoms with van der Waals surface area (Å²) in [6.45, 7) is 6.90. The van der Waals surface area contributed by atoms with Gasteiger partial charge in [0, 0.05) is 0 Å². The van der Waals surface area contributed by atoms with E-state index in [1.54, 1.807) is 6.08 Å². The zero-order valence-electron chi connectivity index (χ0n) is 3.86. The SMILES string of the molecule is [CH-]=CCC.[Na+]. The molecule has 24 valence electrons. The minimum atomic E-state index is 0. The van der Waals surface area contributed by atoms with Crippen molar-refractivity contribution in [2.75, 3.05) is 0 Å². The summed E-state index contributed by atoms with van der Waals surface area (Å²) in [5.41, 5.74) is 0. The Balaban J connectivity index is 0. The van der Waals surface area contributed by atoms with Crippen molar-refractivity contribution < 1.29 is 29.6 Å². The van der Waals surface area contributed by atoms with E-state index in [9.17, 15) is 0 Å². The standard InChI is InChI=1S/C4H7.Na/c1-3-4-2;/h1,3H,4H2,2H3;/q-1;+1. The largest absolute Gasteiger partial charge is 1.00 e. The van der Waals surface area contributed by atoms with Gasteiger partial charge in [-0.15, -0.1) is 0 Å². The fraction of sp³-hybridized carbons (Fsp3) is 0.500. The third-order valence-electron chi connectivity index (χ3n) is 0.236. The Hall–Kier alpha value is 0.740. The van der Waals surface area contributed by atoms with Crippen LogP contribution in [0.5, 0.6) is 0 Å². The Morgan fingerprint density at radius 3 is 2.00 bits per heavy atom. The first-order valence-electron chi connectivity index (χ1n) is 1.45. The molecule has 0 spiro atoms. The molecule has 0 aliphatic carbocycles. The monoisotopic (exact) mass is 78.0 g/mol. The van der Waals surface area contributed by atoms with Gasteiger partial charge in [0.15, 0.2) is 0 Å². The molecule has 0 aromatic rings. The second-order valence-electron chi connectivity index (χ2n) is 0.644. The van der Waals surface area contributed by atoms with Crippen molar-refractivity contribution in [3.63, 3.8) is 0 Å². The fourth-order valence-corrected chi connectivity index (χ4v) is 0. The van der Waals surface area contributed by atoms with Gasteiger partial charge in [0.05, 0.1) is 0 Å². The summed E-state index contributed by atoms with van der Waals surface area (Å²) in [5, 5.41) is 0. The minimum absolute atomic E-state index is 0. The first kappa shape index (κ1) is 9.22. The second-order valence-corrected chi connectivity index (χ2v) is 0.644. The molecule has 0 bridgehead atoms. The predicted molar refractivity (Wildman–Crippen MR) is 19.2 cm³/mol. The van der Waals surface area contributed by atoms with Crippen LogP contribution in [0.4, 0.5) is 0 Å². The molecule has 0 radical (unpaired) electrons. The van der Waals surface area contributed by atoms with Gasteiger partial charge in [-0.2, -0.15) is 0 Å². The zero-order chi connectivity index (χ0) is 3.41. The maximum Gasteiger partial charge on any atom is 1.00 e. The van der Waals surface area contributed by atoms with Crippen LogP contribution in [0.25, 0.3) is 0 Å². The fourth-order valence-electron chi connectivity index (χ4n) is 0. The molecule has 0 fully saturated rings. The van der Waals surface area contributed by atoms with Crippen molar-refractivity contribution in [3.05, 3.63) is 12.7 Å². The number of rotatable bonds is 1. The van der Waals surface area contributed by atoms with Gasteiger partial charge in [0.2, 0.25) is 0 Å². The van der Waals surface area contributed by atoms with Gasteiger partial charge < -0.3 is 6.58 Å². The van der Waals surface area contributed by atoms with Crippen LogP contribution in [0.1, 0.15) is 13.3 Å². The van der Waals surface area contributed by atoms with Crippen LogP contribution < -0.4 is 29.6 Å². The van der Waals surface area contributed by atoms with E-state index in [0.717, 1.165) is 6.42 Å². The third-order valence-corrected chi connectivity index (χ3v) is 0.236. The van der Waals surface area contributed by atoms with E-state index in [-0.39, 0.29) is 29.6 Å². The summed E-state index contributed by atoms with van der Waals surface area (Å²) in [6, 6.07) is 0. The summed E-state index contributed by atoms with van der Waals surface area (Å²) < 4.78 is 0. The van der Waals surface area contributed by atoms with E-state index >= 15 is 0 Å². The molecule has 0 nitrogen and oxygen atoms in total. The van der Waals surface area contributed by atoms with E-state index in [0.29, 0.717) is 0 Å². The van der Waals surface area contributed by atoms with Gasteiger partial charge in [-0.3, -0.25) is 6.08 Å². The molecule has 0 rings (SSSR count). The Morgan fingerprint density at radius 2 is 2.00 bits per heavy atom. The molecule has 0 aromatic heterocycles. The quantitative estimate of drug-likeness (QED) is 0.261. The molecule has 1 heteroatoms. The van der Waals surface area contributed by atoms with Crippen molar-refractivity contribution in [1.82, 2.24) is 0 Å². The van der Waals surface area contributed by atoms with Gasteiger partial charge in [0.25, 0.3) is 0 Å². The van der Waals surface area contributed by atoms with Crippen molar-refractivity contribution in [2.24, 2.45) is 0 Å². The molecule has 0 atom stereocenters. The zero-order valence-corrected chi connectivity index (χ0v) is 5.86. The number of allylic oxidation sites excluding steroid dienone is 1. The topological polar surface area (TPSA) is 0 Å². The second kappa shape index (κ2) is 8.83. The maximum absolute atomic E-state index is 4.90. The van der Waals surface area contributed by atoms with Crippen LogP contribution >= 0.6 is 0 Å². The normalized spacial score (nSPS) is 5.00. The Labute approximate surface area is 55.6 Å². The van der Waals surface area contributed by atoms with Crippen LogP contribution in [-0.4, -0.2) is 0 Å². The third kappa shape index (κ3) is 11.8. The van der Waals surface area contributed by atoms with Gasteiger partial charge in [0.1, 0.15) is 0 Å². The molecule has 0 amide bonds. The van der Waals surface area contributed by atoms with Crippen molar-refractivity contribution in [2.45, 2.75) is 13.3 Å². The maximum atomic E-state index is 4.90. The van der Waals surface area contributed by atoms with Gasteiger partial charge >= 0.3 is 29.6 Å². The van der Waals surface area contributed by atoms with E-state index in [1.165, 1.54) is 0 Å². The summed E-state index contributed by atoms with van der Waals surface area (Å²) in [4.78, 5) is 0. The molecular weight excluding hydrogens is 71.0 g/mol. The van der Waals surface area contributed by atoms with E-state index in [2.05, 4.69) is 0 Å². The molecule has 0 aromatic carbocycles. The van der Waals surface area contributed by atoms with Crippen LogP contribution in [0, 0.1) is 6.58 Å². The van der Waals surface area contributed by atoms with Gasteiger partial charge in [-0.25, -0.2) is 0 Å².